The zero-order valence-corrected chi connectivity index (χ0v) is 10.8. The summed E-state index contributed by atoms with van der Waals surface area (Å²) < 4.78 is 4.30. The van der Waals surface area contributed by atoms with Crippen LogP contribution in [-0.4, -0.2) is 40.5 Å². The van der Waals surface area contributed by atoms with E-state index in [9.17, 15) is 19.8 Å². The number of carbonyl (C=O) groups is 2. The zero-order valence-electron chi connectivity index (χ0n) is 10.0. The lowest BCUT2D eigenvalue weighted by atomic mass is 10.0. The van der Waals surface area contributed by atoms with Crippen molar-refractivity contribution in [3.05, 3.63) is 34.3 Å². The van der Waals surface area contributed by atoms with E-state index in [1.165, 1.54) is 18.2 Å². The third-order valence-corrected chi connectivity index (χ3v) is 2.86. The van der Waals surface area contributed by atoms with Gasteiger partial charge in [0.05, 0.1) is 13.5 Å². The van der Waals surface area contributed by atoms with Crippen LogP contribution in [0.15, 0.2) is 18.2 Å². The smallest absolute Gasteiger partial charge is 0.337 e. The van der Waals surface area contributed by atoms with Gasteiger partial charge in [0.15, 0.2) is 6.10 Å². The van der Waals surface area contributed by atoms with Crippen LogP contribution < -0.4 is 0 Å². The van der Waals surface area contributed by atoms with Crippen LogP contribution in [0.3, 0.4) is 0 Å². The van der Waals surface area contributed by atoms with E-state index in [4.69, 9.17) is 16.7 Å². The molecule has 0 fully saturated rings. The highest BCUT2D eigenvalue weighted by Gasteiger charge is 2.27. The molecule has 7 heteroatoms. The number of hydrogen-bond donors (Lipinski definition) is 3. The van der Waals surface area contributed by atoms with Crippen molar-refractivity contribution in [2.45, 2.75) is 18.6 Å². The second-order valence-electron chi connectivity index (χ2n) is 3.83. The highest BCUT2D eigenvalue weighted by molar-refractivity contribution is 6.31. The Morgan fingerprint density at radius 3 is 2.53 bits per heavy atom. The van der Waals surface area contributed by atoms with Gasteiger partial charge >= 0.3 is 11.9 Å². The molecule has 2 atom stereocenters. The second kappa shape index (κ2) is 6.51. The zero-order chi connectivity index (χ0) is 14.6. The van der Waals surface area contributed by atoms with E-state index in [1.807, 2.05) is 0 Å². The summed E-state index contributed by atoms with van der Waals surface area (Å²) in [5, 5.41) is 28.2. The summed E-state index contributed by atoms with van der Waals surface area (Å²) in [6, 6.07) is 4.11. The molecule has 1 aromatic carbocycles. The number of aliphatic hydroxyl groups excluding tert-OH is 2. The van der Waals surface area contributed by atoms with Gasteiger partial charge in [-0.1, -0.05) is 23.7 Å². The summed E-state index contributed by atoms with van der Waals surface area (Å²) in [5.41, 5.74) is 0.460. The number of carbonyl (C=O) groups excluding carboxylic acids is 1. The van der Waals surface area contributed by atoms with Gasteiger partial charge in [-0.3, -0.25) is 4.79 Å². The van der Waals surface area contributed by atoms with Gasteiger partial charge in [-0.15, -0.1) is 0 Å². The van der Waals surface area contributed by atoms with Crippen molar-refractivity contribution in [3.63, 3.8) is 0 Å². The molecular formula is C12H13ClO6. The number of carboxylic acids is 1. The van der Waals surface area contributed by atoms with Crippen LogP contribution in [0.1, 0.15) is 17.2 Å². The summed E-state index contributed by atoms with van der Waals surface area (Å²) in [4.78, 5) is 21.7. The number of aliphatic carboxylic acids is 1. The molecule has 0 aromatic heterocycles. The molecule has 0 amide bonds. The van der Waals surface area contributed by atoms with E-state index in [2.05, 4.69) is 4.74 Å². The lowest BCUT2D eigenvalue weighted by Gasteiger charge is -2.17. The maximum absolute atomic E-state index is 11.1. The number of ether oxygens (including phenoxy) is 1. The lowest BCUT2D eigenvalue weighted by molar-refractivity contribution is -0.156. The normalized spacial score (nSPS) is 13.7. The fourth-order valence-electron chi connectivity index (χ4n) is 1.51. The quantitative estimate of drug-likeness (QED) is 0.683. The Morgan fingerprint density at radius 1 is 1.37 bits per heavy atom. The number of aliphatic hydroxyl groups is 2. The maximum Gasteiger partial charge on any atom is 0.337 e. The molecule has 3 N–H and O–H groups in total. The number of hydrogen-bond acceptors (Lipinski definition) is 5. The first-order chi connectivity index (χ1) is 8.86. The molecule has 0 spiro atoms. The molecule has 104 valence electrons. The van der Waals surface area contributed by atoms with Gasteiger partial charge < -0.3 is 20.1 Å². The Hall–Kier alpha value is -1.63. The Morgan fingerprint density at radius 2 is 2.00 bits per heavy atom. The van der Waals surface area contributed by atoms with Crippen LogP contribution >= 0.6 is 11.6 Å². The molecule has 0 radical (unpaired) electrons. The van der Waals surface area contributed by atoms with E-state index in [-0.39, 0.29) is 22.6 Å². The summed E-state index contributed by atoms with van der Waals surface area (Å²) in [7, 11) is 1.08. The average molecular weight is 289 g/mol. The van der Waals surface area contributed by atoms with Gasteiger partial charge in [0.2, 0.25) is 0 Å². The van der Waals surface area contributed by atoms with Gasteiger partial charge in [0.1, 0.15) is 6.10 Å². The minimum atomic E-state index is -1.75. The van der Waals surface area contributed by atoms with E-state index in [1.54, 1.807) is 0 Å². The fourth-order valence-corrected chi connectivity index (χ4v) is 1.69. The molecule has 19 heavy (non-hydrogen) atoms. The van der Waals surface area contributed by atoms with Crippen LogP contribution in [0.4, 0.5) is 0 Å². The monoisotopic (exact) mass is 288 g/mol. The Bertz CT molecular complexity index is 487. The van der Waals surface area contributed by atoms with Crippen LogP contribution in [0.2, 0.25) is 5.02 Å². The van der Waals surface area contributed by atoms with Crippen molar-refractivity contribution in [2.75, 3.05) is 7.11 Å². The SMILES string of the molecule is COC(=O)C(O)C(O)c1ccc(Cl)c(CC(=O)O)c1. The largest absolute Gasteiger partial charge is 0.481 e. The van der Waals surface area contributed by atoms with Crippen molar-refractivity contribution in [2.24, 2.45) is 0 Å². The van der Waals surface area contributed by atoms with Crippen molar-refractivity contribution in [1.82, 2.24) is 0 Å². The van der Waals surface area contributed by atoms with Gasteiger partial charge in [0, 0.05) is 5.02 Å². The van der Waals surface area contributed by atoms with Crippen LogP contribution in [0, 0.1) is 0 Å². The predicted octanol–water partition coefficient (Wildman–Crippen LogP) is 0.534. The summed E-state index contributed by atoms with van der Waals surface area (Å²) in [6.07, 6.45) is -3.59. The van der Waals surface area contributed by atoms with Crippen molar-refractivity contribution >= 4 is 23.5 Å². The molecule has 1 rings (SSSR count). The number of esters is 1. The number of benzene rings is 1. The topological polar surface area (TPSA) is 104 Å². The van der Waals surface area contributed by atoms with Crippen molar-refractivity contribution in [1.29, 1.82) is 0 Å². The lowest BCUT2D eigenvalue weighted by Crippen LogP contribution is -2.29. The Balaban J connectivity index is 3.01. The van der Waals surface area contributed by atoms with E-state index in [0.29, 0.717) is 0 Å². The van der Waals surface area contributed by atoms with Gasteiger partial charge in [-0.2, -0.15) is 0 Å². The van der Waals surface area contributed by atoms with Crippen LogP contribution in [0.25, 0.3) is 0 Å². The molecular weight excluding hydrogens is 276 g/mol. The number of rotatable bonds is 5. The maximum atomic E-state index is 11.1. The molecule has 0 bridgehead atoms. The highest BCUT2D eigenvalue weighted by atomic mass is 35.5. The molecule has 0 aliphatic carbocycles. The van der Waals surface area contributed by atoms with Gasteiger partial charge in [-0.05, 0) is 17.2 Å². The first-order valence-corrected chi connectivity index (χ1v) is 5.68. The van der Waals surface area contributed by atoms with Crippen molar-refractivity contribution in [3.8, 4) is 0 Å². The molecule has 6 nitrogen and oxygen atoms in total. The fraction of sp³-hybridized carbons (Fsp3) is 0.333. The third-order valence-electron chi connectivity index (χ3n) is 2.49. The van der Waals surface area contributed by atoms with Gasteiger partial charge in [-0.25, -0.2) is 4.79 Å². The van der Waals surface area contributed by atoms with Crippen LogP contribution in [-0.2, 0) is 20.7 Å². The molecule has 0 saturated carbocycles. The molecule has 0 aliphatic heterocycles. The molecule has 0 heterocycles. The van der Waals surface area contributed by atoms with E-state index >= 15 is 0 Å². The van der Waals surface area contributed by atoms with E-state index < -0.39 is 24.1 Å². The van der Waals surface area contributed by atoms with Gasteiger partial charge in [0.25, 0.3) is 0 Å². The third kappa shape index (κ3) is 3.92. The number of methoxy groups -OCH3 is 1. The summed E-state index contributed by atoms with van der Waals surface area (Å²) in [6.45, 7) is 0. The molecule has 1 aromatic rings. The first kappa shape index (κ1) is 15.4. The first-order valence-electron chi connectivity index (χ1n) is 5.31. The highest BCUT2D eigenvalue weighted by Crippen LogP contribution is 2.24. The second-order valence-corrected chi connectivity index (χ2v) is 4.24. The van der Waals surface area contributed by atoms with Crippen LogP contribution in [0.5, 0.6) is 0 Å². The molecule has 2 unspecified atom stereocenters. The molecule has 0 aliphatic rings. The minimum Gasteiger partial charge on any atom is -0.481 e. The standard InChI is InChI=1S/C12H13ClO6/c1-19-12(18)11(17)10(16)6-2-3-8(13)7(4-6)5-9(14)15/h2-4,10-11,16-17H,5H2,1H3,(H,14,15). The average Bonchev–Trinajstić information content (AvgIpc) is 2.38. The molecule has 0 saturated heterocycles. The summed E-state index contributed by atoms with van der Waals surface area (Å²) >= 11 is 5.82. The Labute approximate surface area is 114 Å². The number of carboxylic acid groups (broad SMARTS) is 1. The number of halogens is 1. The minimum absolute atomic E-state index is 0.179. The van der Waals surface area contributed by atoms with E-state index in [0.717, 1.165) is 7.11 Å². The predicted molar refractivity (Wildman–Crippen MR) is 65.8 cm³/mol. The Kier molecular flexibility index (Phi) is 5.29. The summed E-state index contributed by atoms with van der Waals surface area (Å²) in [5.74, 6) is -2.07. The van der Waals surface area contributed by atoms with Crippen molar-refractivity contribution < 1.29 is 29.6 Å².